The van der Waals surface area contributed by atoms with E-state index in [4.69, 9.17) is 21.4 Å². The molecular formula is C13H17N3O4. The quantitative estimate of drug-likeness (QED) is 0.364. The van der Waals surface area contributed by atoms with Crippen molar-refractivity contribution in [2.24, 2.45) is 5.73 Å². The van der Waals surface area contributed by atoms with Crippen molar-refractivity contribution in [1.82, 2.24) is 4.90 Å². The Kier molecular flexibility index (Phi) is 7.85. The zero-order valence-electron chi connectivity index (χ0n) is 11.0. The first-order valence-electron chi connectivity index (χ1n) is 5.56. The van der Waals surface area contributed by atoms with Crippen LogP contribution >= 0.6 is 0 Å². The number of guanidine groups is 1. The summed E-state index contributed by atoms with van der Waals surface area (Å²) in [5, 5.41) is 23.2. The molecule has 0 saturated carbocycles. The molecule has 7 heteroatoms. The third-order valence-electron chi connectivity index (χ3n) is 2.00. The van der Waals surface area contributed by atoms with Crippen LogP contribution in [0.4, 0.5) is 0 Å². The summed E-state index contributed by atoms with van der Waals surface area (Å²) in [7, 11) is 1.44. The van der Waals surface area contributed by atoms with E-state index >= 15 is 0 Å². The maximum Gasteiger partial charge on any atom is 0.328 e. The first-order valence-corrected chi connectivity index (χ1v) is 5.56. The molecule has 0 aliphatic heterocycles. The number of nitrogens with zero attached hydrogens (tertiary/aromatic N) is 1. The van der Waals surface area contributed by atoms with Crippen molar-refractivity contribution in [3.8, 4) is 0 Å². The molecule has 0 aliphatic carbocycles. The highest BCUT2D eigenvalue weighted by atomic mass is 16.4. The van der Waals surface area contributed by atoms with Gasteiger partial charge in [0.05, 0.1) is 0 Å². The molecule has 5 N–H and O–H groups in total. The summed E-state index contributed by atoms with van der Waals surface area (Å²) in [5.41, 5.74) is 5.83. The van der Waals surface area contributed by atoms with Crippen molar-refractivity contribution in [3.05, 3.63) is 42.0 Å². The highest BCUT2D eigenvalue weighted by Gasteiger charge is 2.03. The van der Waals surface area contributed by atoms with Gasteiger partial charge in [0.2, 0.25) is 0 Å². The average molecular weight is 279 g/mol. The predicted molar refractivity (Wildman–Crippen MR) is 75.3 cm³/mol. The molecule has 0 bridgehead atoms. The van der Waals surface area contributed by atoms with Gasteiger partial charge in [-0.25, -0.2) is 4.79 Å². The zero-order chi connectivity index (χ0) is 15.5. The molecule has 0 radical (unpaired) electrons. The summed E-state index contributed by atoms with van der Waals surface area (Å²) in [5.74, 6) is -2.15. The second-order valence-corrected chi connectivity index (χ2v) is 3.72. The van der Waals surface area contributed by atoms with Crippen molar-refractivity contribution < 1.29 is 19.8 Å². The molecule has 7 nitrogen and oxygen atoms in total. The topological polar surface area (TPSA) is 128 Å². The lowest BCUT2D eigenvalue weighted by molar-refractivity contribution is -0.137. The molecule has 0 atom stereocenters. The molecule has 0 spiro atoms. The molecule has 1 aromatic carbocycles. The van der Waals surface area contributed by atoms with Crippen LogP contribution in [0, 0.1) is 5.41 Å². The molecule has 0 amide bonds. The van der Waals surface area contributed by atoms with E-state index < -0.39 is 11.9 Å². The van der Waals surface area contributed by atoms with Gasteiger partial charge < -0.3 is 20.8 Å². The minimum Gasteiger partial charge on any atom is -0.480 e. The van der Waals surface area contributed by atoms with Crippen molar-refractivity contribution in [2.75, 3.05) is 13.6 Å². The molecule has 0 unspecified atom stereocenters. The van der Waals surface area contributed by atoms with Gasteiger partial charge in [0, 0.05) is 13.1 Å². The fraction of sp³-hybridized carbons (Fsp3) is 0.154. The SMILES string of the molecule is CN(CC(=O)O)C(=N)N.O=C(O)/C=C/c1ccccc1. The lowest BCUT2D eigenvalue weighted by atomic mass is 10.2. The molecule has 0 aliphatic rings. The number of nitrogens with two attached hydrogens (primary N) is 1. The van der Waals surface area contributed by atoms with Crippen LogP contribution in [-0.2, 0) is 9.59 Å². The van der Waals surface area contributed by atoms with E-state index in [1.807, 2.05) is 30.3 Å². The molecule has 0 saturated heterocycles. The fourth-order valence-electron chi connectivity index (χ4n) is 1.02. The third-order valence-corrected chi connectivity index (χ3v) is 2.00. The third kappa shape index (κ3) is 9.23. The van der Waals surface area contributed by atoms with Gasteiger partial charge in [-0.1, -0.05) is 30.3 Å². The van der Waals surface area contributed by atoms with Crippen molar-refractivity contribution >= 4 is 24.0 Å². The number of carboxylic acids is 2. The van der Waals surface area contributed by atoms with Crippen LogP contribution in [0.2, 0.25) is 0 Å². The van der Waals surface area contributed by atoms with Gasteiger partial charge in [0.15, 0.2) is 5.96 Å². The van der Waals surface area contributed by atoms with Crippen LogP contribution in [0.25, 0.3) is 6.08 Å². The summed E-state index contributed by atoms with van der Waals surface area (Å²) in [4.78, 5) is 21.1. The number of rotatable bonds is 4. The smallest absolute Gasteiger partial charge is 0.328 e. The zero-order valence-corrected chi connectivity index (χ0v) is 11.0. The van der Waals surface area contributed by atoms with E-state index in [1.54, 1.807) is 6.08 Å². The molecular weight excluding hydrogens is 262 g/mol. The Hall–Kier alpha value is -2.83. The fourth-order valence-corrected chi connectivity index (χ4v) is 1.02. The van der Waals surface area contributed by atoms with Gasteiger partial charge in [-0.15, -0.1) is 0 Å². The van der Waals surface area contributed by atoms with Crippen LogP contribution in [0.15, 0.2) is 36.4 Å². The number of carboxylic acid groups (broad SMARTS) is 2. The lowest BCUT2D eigenvalue weighted by Crippen LogP contribution is -2.36. The first-order chi connectivity index (χ1) is 9.32. The minimum absolute atomic E-state index is 0.227. The Morgan fingerprint density at radius 3 is 2.20 bits per heavy atom. The van der Waals surface area contributed by atoms with E-state index in [2.05, 4.69) is 0 Å². The summed E-state index contributed by atoms with van der Waals surface area (Å²) < 4.78 is 0. The van der Waals surface area contributed by atoms with Crippen molar-refractivity contribution in [1.29, 1.82) is 5.41 Å². The molecule has 0 fully saturated rings. The Morgan fingerprint density at radius 2 is 1.85 bits per heavy atom. The number of hydrogen-bond donors (Lipinski definition) is 4. The first kappa shape index (κ1) is 17.2. The van der Waals surface area contributed by atoms with Gasteiger partial charge >= 0.3 is 11.9 Å². The summed E-state index contributed by atoms with van der Waals surface area (Å²) >= 11 is 0. The maximum absolute atomic E-state index is 10.1. The van der Waals surface area contributed by atoms with Gasteiger partial charge in [0.1, 0.15) is 6.54 Å². The van der Waals surface area contributed by atoms with E-state index in [-0.39, 0.29) is 12.5 Å². The number of carbonyl (C=O) groups is 2. The van der Waals surface area contributed by atoms with Gasteiger partial charge in [-0.3, -0.25) is 10.2 Å². The molecule has 1 aromatic rings. The van der Waals surface area contributed by atoms with E-state index in [9.17, 15) is 9.59 Å². The summed E-state index contributed by atoms with van der Waals surface area (Å²) in [6.45, 7) is -0.227. The predicted octanol–water partition coefficient (Wildman–Crippen LogP) is 0.681. The highest BCUT2D eigenvalue weighted by Crippen LogP contribution is 1.99. The summed E-state index contributed by atoms with van der Waals surface area (Å²) in [6.07, 6.45) is 2.68. The molecule has 20 heavy (non-hydrogen) atoms. The molecule has 0 heterocycles. The molecule has 1 rings (SSSR count). The second-order valence-electron chi connectivity index (χ2n) is 3.72. The van der Waals surface area contributed by atoms with E-state index in [1.165, 1.54) is 7.05 Å². The normalized spacial score (nSPS) is 9.45. The van der Waals surface area contributed by atoms with Crippen LogP contribution < -0.4 is 5.73 Å². The number of likely N-dealkylation sites (N-methyl/N-ethyl adjacent to an activating group) is 1. The van der Waals surface area contributed by atoms with E-state index in [0.717, 1.165) is 16.5 Å². The number of benzene rings is 1. The van der Waals surface area contributed by atoms with Crippen LogP contribution in [0.3, 0.4) is 0 Å². The lowest BCUT2D eigenvalue weighted by Gasteiger charge is -2.12. The maximum atomic E-state index is 10.1. The van der Waals surface area contributed by atoms with Gasteiger partial charge in [-0.2, -0.15) is 0 Å². The Morgan fingerprint density at radius 1 is 1.30 bits per heavy atom. The number of hydrogen-bond acceptors (Lipinski definition) is 3. The van der Waals surface area contributed by atoms with Crippen LogP contribution in [0.5, 0.6) is 0 Å². The Labute approximate surface area is 116 Å². The summed E-state index contributed by atoms with van der Waals surface area (Å²) in [6, 6.07) is 9.31. The van der Waals surface area contributed by atoms with E-state index in [0.29, 0.717) is 0 Å². The van der Waals surface area contributed by atoms with Crippen molar-refractivity contribution in [3.63, 3.8) is 0 Å². The molecule has 108 valence electrons. The number of nitrogens with one attached hydrogen (secondary N) is 1. The minimum atomic E-state index is -0.993. The Balaban J connectivity index is 0.000000370. The van der Waals surface area contributed by atoms with Gasteiger partial charge in [0.25, 0.3) is 0 Å². The second kappa shape index (κ2) is 9.15. The molecule has 0 aromatic heterocycles. The Bertz CT molecular complexity index is 486. The van der Waals surface area contributed by atoms with Crippen LogP contribution in [0.1, 0.15) is 5.56 Å². The standard InChI is InChI=1S/C9H8O2.C4H9N3O2/c10-9(11)7-6-8-4-2-1-3-5-8;1-7(4(5)6)2-3(8)9/h1-7H,(H,10,11);2H2,1H3,(H3,5,6)(H,8,9)/b7-6+;. The van der Waals surface area contributed by atoms with Gasteiger partial charge in [-0.05, 0) is 11.6 Å². The largest absolute Gasteiger partial charge is 0.480 e. The monoisotopic (exact) mass is 279 g/mol. The van der Waals surface area contributed by atoms with Crippen LogP contribution in [-0.4, -0.2) is 46.6 Å². The highest BCUT2D eigenvalue weighted by molar-refractivity contribution is 5.85. The van der Waals surface area contributed by atoms with Crippen molar-refractivity contribution in [2.45, 2.75) is 0 Å². The average Bonchev–Trinajstić information content (AvgIpc) is 2.37. The number of aliphatic carboxylic acids is 2.